The molecule has 0 radical (unpaired) electrons. The lowest BCUT2D eigenvalue weighted by Crippen LogP contribution is -2.34. The molecule has 0 aliphatic carbocycles. The standard InChI is InChI=1S/C11H11BN2O3/c1-8-2-3-10(13-7-8)14-5-4-9(12(16)17)6-11(14)15/h2-7,16-17H,1H3. The largest absolute Gasteiger partial charge is 0.488 e. The second-order valence-electron chi connectivity index (χ2n) is 3.74. The maximum absolute atomic E-state index is 11.7. The average Bonchev–Trinajstić information content (AvgIpc) is 2.30. The van der Waals surface area contributed by atoms with Crippen molar-refractivity contribution in [2.24, 2.45) is 0 Å². The lowest BCUT2D eigenvalue weighted by Gasteiger charge is -2.06. The molecule has 2 N–H and O–H groups in total. The molecule has 0 spiro atoms. The van der Waals surface area contributed by atoms with Crippen molar-refractivity contribution in [2.75, 3.05) is 0 Å². The van der Waals surface area contributed by atoms with E-state index in [0.717, 1.165) is 5.56 Å². The van der Waals surface area contributed by atoms with E-state index in [2.05, 4.69) is 4.98 Å². The summed E-state index contributed by atoms with van der Waals surface area (Å²) in [5.74, 6) is 0.500. The van der Waals surface area contributed by atoms with Crippen molar-refractivity contribution < 1.29 is 10.0 Å². The molecule has 0 atom stereocenters. The van der Waals surface area contributed by atoms with Crippen molar-refractivity contribution >= 4 is 12.6 Å². The molecular weight excluding hydrogens is 219 g/mol. The molecule has 6 heteroatoms. The highest BCUT2D eigenvalue weighted by atomic mass is 16.4. The Kier molecular flexibility index (Phi) is 3.08. The van der Waals surface area contributed by atoms with Gasteiger partial charge in [0.1, 0.15) is 5.82 Å². The Morgan fingerprint density at radius 2 is 2.06 bits per heavy atom. The van der Waals surface area contributed by atoms with Crippen molar-refractivity contribution in [3.05, 3.63) is 52.6 Å². The number of nitrogens with zero attached hydrogens (tertiary/aromatic N) is 2. The summed E-state index contributed by atoms with van der Waals surface area (Å²) in [6.45, 7) is 1.91. The Hall–Kier alpha value is -1.92. The lowest BCUT2D eigenvalue weighted by atomic mass is 9.81. The van der Waals surface area contributed by atoms with E-state index in [4.69, 9.17) is 10.0 Å². The van der Waals surface area contributed by atoms with E-state index in [1.54, 1.807) is 12.3 Å². The van der Waals surface area contributed by atoms with Gasteiger partial charge in [0, 0.05) is 18.5 Å². The molecule has 17 heavy (non-hydrogen) atoms. The molecule has 2 rings (SSSR count). The summed E-state index contributed by atoms with van der Waals surface area (Å²) in [5.41, 5.74) is 0.814. The summed E-state index contributed by atoms with van der Waals surface area (Å²) in [6, 6.07) is 6.22. The molecule has 0 saturated carbocycles. The zero-order valence-corrected chi connectivity index (χ0v) is 9.24. The zero-order chi connectivity index (χ0) is 12.4. The number of pyridine rings is 2. The van der Waals surface area contributed by atoms with Gasteiger partial charge in [-0.1, -0.05) is 6.07 Å². The molecule has 2 aromatic heterocycles. The van der Waals surface area contributed by atoms with Gasteiger partial charge in [0.2, 0.25) is 0 Å². The van der Waals surface area contributed by atoms with E-state index >= 15 is 0 Å². The van der Waals surface area contributed by atoms with E-state index in [1.165, 1.54) is 22.9 Å². The fourth-order valence-corrected chi connectivity index (χ4v) is 1.45. The lowest BCUT2D eigenvalue weighted by molar-refractivity contribution is 0.425. The quantitative estimate of drug-likeness (QED) is 0.663. The fourth-order valence-electron chi connectivity index (χ4n) is 1.45. The molecular formula is C11H11BN2O3. The van der Waals surface area contributed by atoms with Crippen LogP contribution >= 0.6 is 0 Å². The molecule has 0 aromatic carbocycles. The van der Waals surface area contributed by atoms with Gasteiger partial charge in [-0.15, -0.1) is 0 Å². The Morgan fingerprint density at radius 1 is 1.29 bits per heavy atom. The van der Waals surface area contributed by atoms with Crippen molar-refractivity contribution in [3.63, 3.8) is 0 Å². The van der Waals surface area contributed by atoms with Gasteiger partial charge in [0.15, 0.2) is 0 Å². The molecule has 86 valence electrons. The van der Waals surface area contributed by atoms with Crippen molar-refractivity contribution in [3.8, 4) is 5.82 Å². The molecule has 0 unspecified atom stereocenters. The van der Waals surface area contributed by atoms with Crippen LogP contribution in [0.3, 0.4) is 0 Å². The number of aromatic nitrogens is 2. The summed E-state index contributed by atoms with van der Waals surface area (Å²) in [6.07, 6.45) is 3.13. The normalized spacial score (nSPS) is 10.3. The van der Waals surface area contributed by atoms with Crippen LogP contribution in [0.4, 0.5) is 0 Å². The molecule has 2 heterocycles. The first-order valence-corrected chi connectivity index (χ1v) is 5.10. The summed E-state index contributed by atoms with van der Waals surface area (Å²) >= 11 is 0. The predicted molar refractivity (Wildman–Crippen MR) is 64.4 cm³/mol. The van der Waals surface area contributed by atoms with Gasteiger partial charge in [-0.2, -0.15) is 0 Å². The molecule has 5 nitrogen and oxygen atoms in total. The van der Waals surface area contributed by atoms with Crippen LogP contribution in [0.25, 0.3) is 5.82 Å². The number of rotatable bonds is 2. The molecule has 0 saturated heterocycles. The highest BCUT2D eigenvalue weighted by Gasteiger charge is 2.12. The van der Waals surface area contributed by atoms with Gasteiger partial charge >= 0.3 is 7.12 Å². The van der Waals surface area contributed by atoms with Crippen LogP contribution in [0.2, 0.25) is 0 Å². The van der Waals surface area contributed by atoms with Gasteiger partial charge in [-0.3, -0.25) is 9.36 Å². The van der Waals surface area contributed by atoms with Gasteiger partial charge in [0.05, 0.1) is 0 Å². The van der Waals surface area contributed by atoms with Gasteiger partial charge in [0.25, 0.3) is 5.56 Å². The van der Waals surface area contributed by atoms with Crippen LogP contribution < -0.4 is 11.0 Å². The third kappa shape index (κ3) is 2.43. The summed E-state index contributed by atoms with van der Waals surface area (Å²) in [5, 5.41) is 17.9. The fraction of sp³-hybridized carbons (Fsp3) is 0.0909. The Morgan fingerprint density at radius 3 is 2.59 bits per heavy atom. The van der Waals surface area contributed by atoms with Gasteiger partial charge < -0.3 is 10.0 Å². The van der Waals surface area contributed by atoms with E-state index in [9.17, 15) is 4.79 Å². The maximum atomic E-state index is 11.7. The third-order valence-electron chi connectivity index (χ3n) is 2.38. The minimum absolute atomic E-state index is 0.165. The highest BCUT2D eigenvalue weighted by molar-refractivity contribution is 6.58. The van der Waals surface area contributed by atoms with Crippen LogP contribution in [-0.4, -0.2) is 26.7 Å². The van der Waals surface area contributed by atoms with Crippen LogP contribution in [0.5, 0.6) is 0 Å². The van der Waals surface area contributed by atoms with E-state index in [0.29, 0.717) is 5.82 Å². The monoisotopic (exact) mass is 230 g/mol. The summed E-state index contributed by atoms with van der Waals surface area (Å²) in [7, 11) is -1.64. The van der Waals surface area contributed by atoms with Crippen LogP contribution in [0, 0.1) is 6.92 Å². The molecule has 2 aromatic rings. The molecule has 0 fully saturated rings. The number of aryl methyl sites for hydroxylation is 1. The second kappa shape index (κ2) is 4.53. The topological polar surface area (TPSA) is 75.3 Å². The minimum atomic E-state index is -1.64. The van der Waals surface area contributed by atoms with Crippen LogP contribution in [0.1, 0.15) is 5.56 Å². The molecule has 0 aliphatic heterocycles. The smallest absolute Gasteiger partial charge is 0.423 e. The first kappa shape index (κ1) is 11.6. The SMILES string of the molecule is Cc1ccc(-n2ccc(B(O)O)cc2=O)nc1. The van der Waals surface area contributed by atoms with Crippen molar-refractivity contribution in [2.45, 2.75) is 6.92 Å². The first-order chi connectivity index (χ1) is 8.08. The highest BCUT2D eigenvalue weighted by Crippen LogP contribution is 2.01. The van der Waals surface area contributed by atoms with Crippen LogP contribution in [-0.2, 0) is 0 Å². The van der Waals surface area contributed by atoms with Gasteiger partial charge in [-0.05, 0) is 30.1 Å². The van der Waals surface area contributed by atoms with Gasteiger partial charge in [-0.25, -0.2) is 4.98 Å². The Labute approximate surface area is 98.1 Å². The number of hydrogen-bond donors (Lipinski definition) is 2. The molecule has 0 bridgehead atoms. The molecule has 0 aliphatic rings. The van der Waals surface area contributed by atoms with Crippen molar-refractivity contribution in [1.82, 2.24) is 9.55 Å². The first-order valence-electron chi connectivity index (χ1n) is 5.10. The number of hydrogen-bond acceptors (Lipinski definition) is 4. The summed E-state index contributed by atoms with van der Waals surface area (Å²) < 4.78 is 1.34. The zero-order valence-electron chi connectivity index (χ0n) is 9.24. The van der Waals surface area contributed by atoms with Crippen LogP contribution in [0.15, 0.2) is 41.5 Å². The minimum Gasteiger partial charge on any atom is -0.423 e. The van der Waals surface area contributed by atoms with E-state index in [1.807, 2.05) is 13.0 Å². The average molecular weight is 230 g/mol. The second-order valence-corrected chi connectivity index (χ2v) is 3.74. The third-order valence-corrected chi connectivity index (χ3v) is 2.38. The Bertz CT molecular complexity index is 578. The predicted octanol–water partition coefficient (Wildman–Crippen LogP) is -0.779. The van der Waals surface area contributed by atoms with E-state index in [-0.39, 0.29) is 11.0 Å². The maximum Gasteiger partial charge on any atom is 0.488 e. The van der Waals surface area contributed by atoms with Crippen molar-refractivity contribution in [1.29, 1.82) is 0 Å². The Balaban J connectivity index is 2.47. The van der Waals surface area contributed by atoms with E-state index < -0.39 is 7.12 Å². The molecule has 0 amide bonds. The summed E-state index contributed by atoms with van der Waals surface area (Å²) in [4.78, 5) is 15.9.